The molecule has 106 heavy (non-hydrogen) atoms. The number of hydrogen-bond acceptors (Lipinski definition) is 12. The minimum absolute atomic E-state index is 0. The summed E-state index contributed by atoms with van der Waals surface area (Å²) >= 11 is 0. The van der Waals surface area contributed by atoms with Crippen LogP contribution in [0.3, 0.4) is 0 Å². The number of unbranched alkanes of at least 4 members (excludes halogenated alkanes) is 12. The summed E-state index contributed by atoms with van der Waals surface area (Å²) in [5, 5.41) is 44.5. The van der Waals surface area contributed by atoms with E-state index >= 15 is 0 Å². The van der Waals surface area contributed by atoms with Gasteiger partial charge in [-0.3, -0.25) is 8.42 Å². The summed E-state index contributed by atoms with van der Waals surface area (Å²) in [4.78, 5) is 25.8. The van der Waals surface area contributed by atoms with Gasteiger partial charge in [0.1, 0.15) is 23.2 Å². The molecule has 0 bridgehead atoms. The smallest absolute Gasteiger partial charge is 0.508 e. The van der Waals surface area contributed by atoms with Crippen LogP contribution in [0, 0.1) is 46.3 Å². The van der Waals surface area contributed by atoms with E-state index in [0.29, 0.717) is 109 Å². The number of carbonyl (C=O) groups is 2. The summed E-state index contributed by atoms with van der Waals surface area (Å²) in [5.74, 6) is -3.95. The number of amides is 1. The number of benzene rings is 2. The largest absolute Gasteiger partial charge is 0.514 e. The minimum atomic E-state index is -5.56. The third-order valence-corrected chi connectivity index (χ3v) is 27.9. The molecule has 2 heterocycles. The summed E-state index contributed by atoms with van der Waals surface area (Å²) in [7, 11) is -2.73. The lowest BCUT2D eigenvalue weighted by Gasteiger charge is -2.53. The molecule has 2 aromatic rings. The molecule has 2 unspecified atom stereocenters. The van der Waals surface area contributed by atoms with Crippen molar-refractivity contribution in [2.75, 3.05) is 49.2 Å². The highest BCUT2D eigenvalue weighted by molar-refractivity contribution is 14.0. The molecule has 608 valence electrons. The van der Waals surface area contributed by atoms with Crippen LogP contribution < -0.4 is 10.1 Å². The Morgan fingerprint density at radius 3 is 1.41 bits per heavy atom. The van der Waals surface area contributed by atoms with Gasteiger partial charge in [0, 0.05) is 70.5 Å². The number of aromatic hydroxyl groups is 1. The molecule has 0 spiro atoms. The van der Waals surface area contributed by atoms with E-state index in [1.54, 1.807) is 4.90 Å². The van der Waals surface area contributed by atoms with E-state index in [4.69, 9.17) is 14.2 Å². The van der Waals surface area contributed by atoms with Gasteiger partial charge in [-0.15, -0.1) is 24.0 Å². The van der Waals surface area contributed by atoms with E-state index in [0.717, 1.165) is 180 Å². The van der Waals surface area contributed by atoms with Gasteiger partial charge in [0.25, 0.3) is 0 Å². The second kappa shape index (κ2) is 40.6. The first kappa shape index (κ1) is 90.1. The Morgan fingerprint density at radius 2 is 0.962 bits per heavy atom. The lowest BCUT2D eigenvalue weighted by Crippen LogP contribution is -2.47. The number of aliphatic hydroxyl groups excluding tert-OH is 3. The quantitative estimate of drug-likeness (QED) is 0.0164. The van der Waals surface area contributed by atoms with Crippen LogP contribution >= 0.6 is 24.0 Å². The van der Waals surface area contributed by atoms with Crippen LogP contribution in [0.2, 0.25) is 0 Å². The molecule has 6 aliphatic carbocycles. The van der Waals surface area contributed by atoms with Gasteiger partial charge in [-0.05, 0) is 267 Å². The normalized spacial score (nSPS) is 28.1. The number of alkyl halides is 10. The third kappa shape index (κ3) is 25.2. The predicted molar refractivity (Wildman–Crippen MR) is 405 cm³/mol. The molecule has 10 rings (SSSR count). The molecule has 2 aliphatic heterocycles. The number of phenols is 1. The van der Waals surface area contributed by atoms with Crippen molar-refractivity contribution in [2.24, 2.45) is 46.3 Å². The van der Waals surface area contributed by atoms with Crippen molar-refractivity contribution >= 4 is 57.8 Å². The van der Waals surface area contributed by atoms with Crippen molar-refractivity contribution < 1.29 is 96.5 Å². The Labute approximate surface area is 645 Å². The fourth-order valence-electron chi connectivity index (χ4n) is 19.2. The maximum absolute atomic E-state index is 13.0. The van der Waals surface area contributed by atoms with Crippen LogP contribution in [-0.2, 0) is 43.9 Å². The third-order valence-electron chi connectivity index (χ3n) is 25.0. The SMILES string of the molecule is CC(C)(C)OC(=O)N1CCC(O)CC1.C[C@]12CC[C@@H]3c4ccc(O)cc4C[C@@H](CCCCCCCCCS(=O)CCCC(F)(F)C(F)(F)F)[C@H]3[C@@H]1CC[C@@H]2O.C[C@]12CC[C@@H]3c4ccc(OC(=O)OC5CCNCC5)cc4C[C@@H](CCCCCCCCCS(=O)CCCC(F)(F)C(F)(F)F)[C@H]3[C@@H]1CC[C@@H]2O.I. The van der Waals surface area contributed by atoms with Crippen molar-refractivity contribution in [1.82, 2.24) is 10.2 Å². The molecule has 2 aromatic carbocycles. The number of rotatable bonds is 30. The standard InChI is InChI=1S/C38H56F5NO5S.C32H47F5O3S.C10H19NO3.HI/c1-36-19-15-31-30-12-11-29(49-35(46)48-28-16-20-44-21-17-28)25-27(30)24-26(34(31)32(36)13-14-33(36)45)10-7-5-3-2-4-6-8-22-50(47)23-9-18-37(39,40)38(41,42)43;1-30-17-15-26-25-12-11-24(38)21-23(25)20-22(29(26)27(30)13-14-28(30)39)10-7-5-3-2-4-6-8-18-41(40)19-9-16-31(33,34)32(35,36)37;1-10(2,3)14-9(13)11-6-4-8(12)5-7-11;/h11-12,25-26,28,31-34,44-45H,2-10,13-24H2,1H3;11-12,21-22,26-29,38-39H,2-10,13-20H2,1H3;8,12H,4-7H2,1-3H3;1H/t26-,31-,32+,33+,34-,36+,50?;22-,26-,27+,28+,29-,30+,41?;;/m11../s1. The van der Waals surface area contributed by atoms with E-state index in [-0.39, 0.29) is 76.8 Å². The molecule has 26 heteroatoms. The van der Waals surface area contributed by atoms with E-state index in [1.165, 1.54) is 22.3 Å². The monoisotopic (exact) mass is 1670 g/mol. The number of phenolic OH excluding ortho intramolecular Hbond substituents is 1. The number of nitrogens with one attached hydrogen (secondary N) is 1. The molecule has 4 saturated carbocycles. The Bertz CT molecular complexity index is 3100. The number of halogens is 11. The lowest BCUT2D eigenvalue weighted by atomic mass is 9.52. The topological polar surface area (TPSA) is 192 Å². The number of fused-ring (bicyclic) bond motifs is 10. The zero-order chi connectivity index (χ0) is 76.5. The van der Waals surface area contributed by atoms with Gasteiger partial charge in [0.05, 0.1) is 18.3 Å². The molecule has 0 aromatic heterocycles. The zero-order valence-corrected chi connectivity index (χ0v) is 67.2. The van der Waals surface area contributed by atoms with Crippen molar-refractivity contribution in [3.8, 4) is 11.5 Å². The Kier molecular flexibility index (Phi) is 34.5. The van der Waals surface area contributed by atoms with E-state index in [1.807, 2.05) is 45.0 Å². The average Bonchev–Trinajstić information content (AvgIpc) is 1.47. The fraction of sp³-hybridized carbons (Fsp3) is 0.825. The summed E-state index contributed by atoms with van der Waals surface area (Å²) in [6.45, 7) is 13.0. The van der Waals surface area contributed by atoms with Gasteiger partial charge in [0.15, 0.2) is 0 Å². The minimum Gasteiger partial charge on any atom is -0.508 e. The van der Waals surface area contributed by atoms with Gasteiger partial charge in [-0.1, -0.05) is 103 Å². The summed E-state index contributed by atoms with van der Waals surface area (Å²) in [6, 6.07) is 12.0. The van der Waals surface area contributed by atoms with Gasteiger partial charge in [-0.25, -0.2) is 9.59 Å². The van der Waals surface area contributed by atoms with Crippen molar-refractivity contribution in [3.63, 3.8) is 0 Å². The second-order valence-corrected chi connectivity index (χ2v) is 36.9. The maximum atomic E-state index is 13.0. The number of carbonyl (C=O) groups excluding carboxylic acids is 2. The number of ether oxygens (including phenoxy) is 3. The molecule has 14 atom stereocenters. The number of aliphatic hydroxyl groups is 3. The zero-order valence-electron chi connectivity index (χ0n) is 63.2. The van der Waals surface area contributed by atoms with E-state index in [9.17, 15) is 82.3 Å². The second-order valence-electron chi connectivity index (χ2n) is 33.5. The van der Waals surface area contributed by atoms with Gasteiger partial charge in [0.2, 0.25) is 0 Å². The maximum Gasteiger partial charge on any atom is 0.514 e. The van der Waals surface area contributed by atoms with Crippen LogP contribution in [0.4, 0.5) is 53.5 Å². The highest BCUT2D eigenvalue weighted by Crippen LogP contribution is 2.65. The molecule has 0 radical (unpaired) electrons. The highest BCUT2D eigenvalue weighted by atomic mass is 127. The molecular weight excluding hydrogens is 1550 g/mol. The lowest BCUT2D eigenvalue weighted by molar-refractivity contribution is -0.284. The molecule has 6 fully saturated rings. The van der Waals surface area contributed by atoms with Crippen LogP contribution in [-0.4, -0.2) is 149 Å². The molecular formula is C80H123F10IN2O11S2. The first-order valence-corrected chi connectivity index (χ1v) is 42.6. The first-order valence-electron chi connectivity index (χ1n) is 39.6. The predicted octanol–water partition coefficient (Wildman–Crippen LogP) is 19.9. The Balaban J connectivity index is 0.000000251. The summed E-state index contributed by atoms with van der Waals surface area (Å²) in [5.41, 5.74) is 4.89. The van der Waals surface area contributed by atoms with E-state index < -0.39 is 83.2 Å². The fourth-order valence-corrected chi connectivity index (χ4v) is 21.6. The molecule has 8 aliphatic rings. The van der Waals surface area contributed by atoms with Crippen LogP contribution in [0.5, 0.6) is 11.5 Å². The number of hydrogen-bond donors (Lipinski definition) is 5. The number of piperidine rings is 2. The van der Waals surface area contributed by atoms with Gasteiger partial charge >= 0.3 is 36.4 Å². The highest BCUT2D eigenvalue weighted by Gasteiger charge is 2.60. The summed E-state index contributed by atoms with van der Waals surface area (Å²) < 4.78 is 166. The van der Waals surface area contributed by atoms with Crippen LogP contribution in [0.15, 0.2) is 36.4 Å². The number of nitrogens with zero attached hydrogens (tertiary/aromatic N) is 1. The van der Waals surface area contributed by atoms with Crippen molar-refractivity contribution in [1.29, 1.82) is 0 Å². The number of likely N-dealkylation sites (tertiary alicyclic amines) is 1. The molecule has 1 amide bonds. The average molecular weight is 1670 g/mol. The van der Waals surface area contributed by atoms with Crippen molar-refractivity contribution in [2.45, 2.75) is 319 Å². The van der Waals surface area contributed by atoms with Crippen LogP contribution in [0.25, 0.3) is 0 Å². The van der Waals surface area contributed by atoms with E-state index in [2.05, 4.69) is 31.3 Å². The first-order chi connectivity index (χ1) is 49.5. The Hall–Kier alpha value is -3.05. The van der Waals surface area contributed by atoms with Gasteiger partial charge in [-0.2, -0.15) is 43.9 Å². The molecule has 5 N–H and O–H groups in total. The Morgan fingerprint density at radius 1 is 0.547 bits per heavy atom. The van der Waals surface area contributed by atoms with Gasteiger partial charge < -0.3 is 44.9 Å². The molecule has 13 nitrogen and oxygen atoms in total. The summed E-state index contributed by atoms with van der Waals surface area (Å²) in [6.07, 6.45) is 13.0. The van der Waals surface area contributed by atoms with Crippen LogP contribution in [0.1, 0.15) is 274 Å². The van der Waals surface area contributed by atoms with Crippen molar-refractivity contribution in [3.05, 3.63) is 58.7 Å². The molecule has 2 saturated heterocycles.